The maximum Gasteiger partial charge on any atom is 0.271 e. The van der Waals surface area contributed by atoms with Gasteiger partial charge in [0.05, 0.1) is 26.6 Å². The number of methoxy groups -OCH3 is 2. The Hall–Kier alpha value is -5.64. The number of ether oxygens (including phenoxy) is 2. The third-order valence-electron chi connectivity index (χ3n) is 5.79. The van der Waals surface area contributed by atoms with Crippen LogP contribution in [0.4, 0.5) is 0 Å². The van der Waals surface area contributed by atoms with Crippen molar-refractivity contribution in [3.05, 3.63) is 107 Å². The lowest BCUT2D eigenvalue weighted by Gasteiger charge is -2.06. The number of nitrogens with zero attached hydrogens (tertiary/aromatic N) is 2. The monoisotopic (exact) mass is 538 g/mol. The maximum absolute atomic E-state index is 12.4. The van der Waals surface area contributed by atoms with Crippen molar-refractivity contribution in [3.8, 4) is 34.1 Å². The molecule has 0 aromatic heterocycles. The summed E-state index contributed by atoms with van der Waals surface area (Å²) in [5, 5.41) is 27.2. The first-order chi connectivity index (χ1) is 19.4. The van der Waals surface area contributed by atoms with E-state index < -0.39 is 0 Å². The number of phenols is 2. The van der Waals surface area contributed by atoms with E-state index in [1.807, 2.05) is 0 Å². The SMILES string of the molecule is COc1cc(/C=N/NC(=O)c2ccc(-c3ccc(C(=O)N/N=C/c4ccc(O)c(OC)c4)cc3)cc2)ccc1O. The fraction of sp³-hybridized carbons (Fsp3) is 0.0667. The normalized spacial score (nSPS) is 10.9. The van der Waals surface area contributed by atoms with Crippen molar-refractivity contribution in [2.24, 2.45) is 10.2 Å². The topological polar surface area (TPSA) is 142 Å². The fourth-order valence-electron chi connectivity index (χ4n) is 3.64. The first kappa shape index (κ1) is 27.4. The molecule has 2 amide bonds. The fourth-order valence-corrected chi connectivity index (χ4v) is 3.64. The highest BCUT2D eigenvalue weighted by molar-refractivity contribution is 5.96. The Morgan fingerprint density at radius 2 is 1.00 bits per heavy atom. The third kappa shape index (κ3) is 6.81. The molecule has 0 saturated carbocycles. The predicted molar refractivity (Wildman–Crippen MR) is 151 cm³/mol. The van der Waals surface area contributed by atoms with Crippen LogP contribution in [-0.2, 0) is 0 Å². The van der Waals surface area contributed by atoms with Gasteiger partial charge in [-0.05, 0) is 82.9 Å². The van der Waals surface area contributed by atoms with Gasteiger partial charge in [-0.3, -0.25) is 9.59 Å². The first-order valence-electron chi connectivity index (χ1n) is 12.0. The summed E-state index contributed by atoms with van der Waals surface area (Å²) in [7, 11) is 2.89. The Morgan fingerprint density at radius 3 is 1.35 bits per heavy atom. The molecule has 0 unspecified atom stereocenters. The molecule has 0 saturated heterocycles. The van der Waals surface area contributed by atoms with Crippen molar-refractivity contribution in [3.63, 3.8) is 0 Å². The molecular weight excluding hydrogens is 512 g/mol. The zero-order chi connectivity index (χ0) is 28.5. The van der Waals surface area contributed by atoms with E-state index in [0.29, 0.717) is 33.8 Å². The van der Waals surface area contributed by atoms with Crippen molar-refractivity contribution in [2.45, 2.75) is 0 Å². The molecular formula is C30H26N4O6. The van der Waals surface area contributed by atoms with Gasteiger partial charge in [0.2, 0.25) is 0 Å². The minimum Gasteiger partial charge on any atom is -0.504 e. The van der Waals surface area contributed by atoms with Crippen LogP contribution in [0.2, 0.25) is 0 Å². The molecule has 202 valence electrons. The Bertz CT molecular complexity index is 1450. The summed E-state index contributed by atoms with van der Waals surface area (Å²) in [5.41, 5.74) is 8.80. The van der Waals surface area contributed by atoms with Gasteiger partial charge in [0.15, 0.2) is 23.0 Å². The van der Waals surface area contributed by atoms with Gasteiger partial charge >= 0.3 is 0 Å². The van der Waals surface area contributed by atoms with Crippen LogP contribution in [0.15, 0.2) is 95.1 Å². The number of carbonyl (C=O) groups excluding carboxylic acids is 2. The highest BCUT2D eigenvalue weighted by Crippen LogP contribution is 2.26. The highest BCUT2D eigenvalue weighted by atomic mass is 16.5. The van der Waals surface area contributed by atoms with Crippen LogP contribution in [0.5, 0.6) is 23.0 Å². The van der Waals surface area contributed by atoms with Crippen LogP contribution < -0.4 is 20.3 Å². The van der Waals surface area contributed by atoms with Gasteiger partial charge in [-0.1, -0.05) is 24.3 Å². The van der Waals surface area contributed by atoms with E-state index in [2.05, 4.69) is 21.1 Å². The predicted octanol–water partition coefficient (Wildman–Crippen LogP) is 4.31. The van der Waals surface area contributed by atoms with E-state index in [0.717, 1.165) is 11.1 Å². The molecule has 4 rings (SSSR count). The summed E-state index contributed by atoms with van der Waals surface area (Å²) in [6.07, 6.45) is 2.89. The van der Waals surface area contributed by atoms with Crippen molar-refractivity contribution in [2.75, 3.05) is 14.2 Å². The lowest BCUT2D eigenvalue weighted by Crippen LogP contribution is -2.17. The number of rotatable bonds is 9. The summed E-state index contributed by atoms with van der Waals surface area (Å²) in [5.74, 6) is -0.127. The standard InChI is InChI=1S/C30H26N4O6/c1-39-27-15-19(3-13-25(27)35)17-31-33-29(37)23-9-5-21(6-10-23)22-7-11-24(12-8-22)30(38)34-32-18-20-4-14-26(36)28(16-20)40-2/h3-18,35-36H,1-2H3,(H,33,37)(H,34,38)/b31-17+,32-18+. The van der Waals surface area contributed by atoms with Crippen LogP contribution in [-0.4, -0.2) is 48.7 Å². The molecule has 0 fully saturated rings. The average molecular weight is 539 g/mol. The number of benzene rings is 4. The van der Waals surface area contributed by atoms with Crippen molar-refractivity contribution in [1.29, 1.82) is 0 Å². The lowest BCUT2D eigenvalue weighted by atomic mass is 10.0. The zero-order valence-corrected chi connectivity index (χ0v) is 21.7. The largest absolute Gasteiger partial charge is 0.504 e. The molecule has 10 nitrogen and oxygen atoms in total. The van der Waals surface area contributed by atoms with Crippen molar-refractivity contribution < 1.29 is 29.3 Å². The molecule has 0 aliphatic heterocycles. The molecule has 4 aromatic rings. The van der Waals surface area contributed by atoms with Gasteiger partial charge in [-0.15, -0.1) is 0 Å². The van der Waals surface area contributed by atoms with Gasteiger partial charge in [0.25, 0.3) is 11.8 Å². The number of aromatic hydroxyl groups is 2. The molecule has 0 atom stereocenters. The summed E-state index contributed by atoms with van der Waals surface area (Å²) in [6.45, 7) is 0. The summed E-state index contributed by atoms with van der Waals surface area (Å²) >= 11 is 0. The molecule has 0 radical (unpaired) electrons. The van der Waals surface area contributed by atoms with Gasteiger partial charge in [-0.2, -0.15) is 10.2 Å². The molecule has 4 aromatic carbocycles. The molecule has 40 heavy (non-hydrogen) atoms. The number of amides is 2. The second-order valence-electron chi connectivity index (χ2n) is 8.42. The minimum atomic E-state index is -0.383. The molecule has 0 spiro atoms. The second kappa shape index (κ2) is 12.7. The number of hydrazone groups is 2. The Morgan fingerprint density at radius 1 is 0.625 bits per heavy atom. The second-order valence-corrected chi connectivity index (χ2v) is 8.42. The third-order valence-corrected chi connectivity index (χ3v) is 5.79. The lowest BCUT2D eigenvalue weighted by molar-refractivity contribution is 0.0947. The number of nitrogens with one attached hydrogen (secondary N) is 2. The Kier molecular flexibility index (Phi) is 8.73. The smallest absolute Gasteiger partial charge is 0.271 e. The maximum atomic E-state index is 12.4. The van der Waals surface area contributed by atoms with E-state index in [1.54, 1.807) is 72.8 Å². The molecule has 10 heteroatoms. The number of hydrogen-bond donors (Lipinski definition) is 4. The van der Waals surface area contributed by atoms with Gasteiger partial charge in [0, 0.05) is 11.1 Å². The van der Waals surface area contributed by atoms with E-state index in [4.69, 9.17) is 9.47 Å². The van der Waals surface area contributed by atoms with Gasteiger partial charge in [-0.25, -0.2) is 10.9 Å². The van der Waals surface area contributed by atoms with Gasteiger partial charge in [0.1, 0.15) is 0 Å². The first-order valence-corrected chi connectivity index (χ1v) is 12.0. The van der Waals surface area contributed by atoms with Crippen LogP contribution >= 0.6 is 0 Å². The van der Waals surface area contributed by atoms with Crippen LogP contribution in [0, 0.1) is 0 Å². The van der Waals surface area contributed by atoms with E-state index in [1.165, 1.54) is 38.8 Å². The van der Waals surface area contributed by atoms with Gasteiger partial charge < -0.3 is 19.7 Å². The molecule has 0 aliphatic rings. The van der Waals surface area contributed by atoms with E-state index in [9.17, 15) is 19.8 Å². The Balaban J connectivity index is 1.32. The summed E-state index contributed by atoms with van der Waals surface area (Å²) in [4.78, 5) is 24.9. The molecule has 0 bridgehead atoms. The number of hydrogen-bond acceptors (Lipinski definition) is 8. The summed E-state index contributed by atoms with van der Waals surface area (Å²) in [6, 6.07) is 23.3. The molecule has 4 N–H and O–H groups in total. The van der Waals surface area contributed by atoms with Crippen molar-refractivity contribution >= 4 is 24.2 Å². The van der Waals surface area contributed by atoms with Crippen molar-refractivity contribution in [1.82, 2.24) is 10.9 Å². The number of phenolic OH excluding ortho intramolecular Hbond substituents is 2. The van der Waals surface area contributed by atoms with Crippen LogP contribution in [0.3, 0.4) is 0 Å². The minimum absolute atomic E-state index is 0.0134. The highest BCUT2D eigenvalue weighted by Gasteiger charge is 2.08. The number of carbonyl (C=O) groups is 2. The zero-order valence-electron chi connectivity index (χ0n) is 21.7. The average Bonchev–Trinajstić information content (AvgIpc) is 2.98. The summed E-state index contributed by atoms with van der Waals surface area (Å²) < 4.78 is 10.1. The quantitative estimate of drug-likeness (QED) is 0.185. The Labute approximate surface area is 230 Å². The van der Waals surface area contributed by atoms with Crippen LogP contribution in [0.25, 0.3) is 11.1 Å². The van der Waals surface area contributed by atoms with E-state index >= 15 is 0 Å². The van der Waals surface area contributed by atoms with E-state index in [-0.39, 0.29) is 23.3 Å². The molecule has 0 heterocycles. The molecule has 0 aliphatic carbocycles. The van der Waals surface area contributed by atoms with Crippen LogP contribution in [0.1, 0.15) is 31.8 Å².